The van der Waals surface area contributed by atoms with Crippen LogP contribution in [-0.2, 0) is 0 Å². The third-order valence-corrected chi connectivity index (χ3v) is 2.04. The zero-order valence-corrected chi connectivity index (χ0v) is 5.80. The smallest absolute Gasteiger partial charge is 0.0776 e. The molecule has 1 atom stereocenters. The van der Waals surface area contributed by atoms with Crippen LogP contribution < -0.4 is 0 Å². The third-order valence-electron chi connectivity index (χ3n) is 2.04. The maximum Gasteiger partial charge on any atom is 0.0776 e. The van der Waals surface area contributed by atoms with Crippen LogP contribution in [0.4, 0.5) is 0 Å². The number of aliphatic hydroxyl groups is 2. The average Bonchev–Trinajstić information content (AvgIpc) is 2.48. The van der Waals surface area contributed by atoms with Crippen molar-refractivity contribution in [2.75, 3.05) is 6.61 Å². The fourth-order valence-electron chi connectivity index (χ4n) is 1.05. The van der Waals surface area contributed by atoms with Gasteiger partial charge in [0.15, 0.2) is 0 Å². The molecule has 1 aliphatic carbocycles. The summed E-state index contributed by atoms with van der Waals surface area (Å²) in [4.78, 5) is 0. The van der Waals surface area contributed by atoms with Gasteiger partial charge in [-0.15, -0.1) is 0 Å². The van der Waals surface area contributed by atoms with Gasteiger partial charge < -0.3 is 10.2 Å². The van der Waals surface area contributed by atoms with E-state index in [9.17, 15) is 0 Å². The second kappa shape index (κ2) is 2.27. The van der Waals surface area contributed by atoms with Gasteiger partial charge in [0.05, 0.1) is 12.7 Å². The summed E-state index contributed by atoms with van der Waals surface area (Å²) in [5.74, 6) is 0. The summed E-state index contributed by atoms with van der Waals surface area (Å²) in [6.07, 6.45) is 2.70. The fourth-order valence-corrected chi connectivity index (χ4v) is 1.05. The molecule has 2 nitrogen and oxygen atoms in total. The number of hydrogen-bond donors (Lipinski definition) is 2. The van der Waals surface area contributed by atoms with E-state index in [1.165, 1.54) is 12.8 Å². The highest BCUT2D eigenvalue weighted by molar-refractivity contribution is 4.89. The van der Waals surface area contributed by atoms with E-state index in [0.717, 1.165) is 6.42 Å². The molecule has 2 heteroatoms. The first-order valence-electron chi connectivity index (χ1n) is 3.45. The van der Waals surface area contributed by atoms with Crippen LogP contribution in [0.5, 0.6) is 0 Å². The lowest BCUT2D eigenvalue weighted by molar-refractivity contribution is 0.0727. The van der Waals surface area contributed by atoms with E-state index < -0.39 is 6.10 Å². The lowest BCUT2D eigenvalue weighted by atomic mass is 10.0. The Morgan fingerprint density at radius 1 is 1.56 bits per heavy atom. The highest BCUT2D eigenvalue weighted by Crippen LogP contribution is 2.48. The van der Waals surface area contributed by atoms with Gasteiger partial charge in [0.1, 0.15) is 0 Å². The van der Waals surface area contributed by atoms with E-state index in [4.69, 9.17) is 10.2 Å². The lowest BCUT2D eigenvalue weighted by Crippen LogP contribution is -2.16. The molecule has 0 radical (unpaired) electrons. The standard InChI is InChI=1S/C7H14O2/c1-7(2-3-7)4-6(9)5-8/h6,8-9H,2-5H2,1H3. The SMILES string of the molecule is CC1(CC(O)CO)CC1. The van der Waals surface area contributed by atoms with Crippen molar-refractivity contribution in [3.63, 3.8) is 0 Å². The monoisotopic (exact) mass is 130 g/mol. The van der Waals surface area contributed by atoms with E-state index in [2.05, 4.69) is 6.92 Å². The van der Waals surface area contributed by atoms with Crippen molar-refractivity contribution in [2.24, 2.45) is 5.41 Å². The molecule has 0 aromatic carbocycles. The summed E-state index contributed by atoms with van der Waals surface area (Å²) in [5.41, 5.74) is 0.363. The molecule has 54 valence electrons. The molecule has 0 aromatic heterocycles. The minimum absolute atomic E-state index is 0.0877. The van der Waals surface area contributed by atoms with E-state index in [1.807, 2.05) is 0 Å². The summed E-state index contributed by atoms with van der Waals surface area (Å²) in [6.45, 7) is 2.06. The predicted octanol–water partition coefficient (Wildman–Crippen LogP) is 0.530. The van der Waals surface area contributed by atoms with Crippen molar-refractivity contribution in [3.05, 3.63) is 0 Å². The van der Waals surface area contributed by atoms with Crippen LogP contribution in [-0.4, -0.2) is 22.9 Å². The van der Waals surface area contributed by atoms with Crippen molar-refractivity contribution in [3.8, 4) is 0 Å². The van der Waals surface area contributed by atoms with Crippen molar-refractivity contribution >= 4 is 0 Å². The molecule has 0 saturated heterocycles. The van der Waals surface area contributed by atoms with Crippen LogP contribution >= 0.6 is 0 Å². The van der Waals surface area contributed by atoms with Gasteiger partial charge in [-0.05, 0) is 24.7 Å². The van der Waals surface area contributed by atoms with Crippen molar-refractivity contribution in [1.82, 2.24) is 0 Å². The van der Waals surface area contributed by atoms with Gasteiger partial charge in [0.2, 0.25) is 0 Å². The molecule has 1 rings (SSSR count). The van der Waals surface area contributed by atoms with Gasteiger partial charge in [0, 0.05) is 0 Å². The molecule has 1 fully saturated rings. The zero-order valence-electron chi connectivity index (χ0n) is 5.80. The maximum absolute atomic E-state index is 8.98. The Morgan fingerprint density at radius 2 is 2.11 bits per heavy atom. The molecule has 0 aliphatic heterocycles. The molecule has 9 heavy (non-hydrogen) atoms. The Labute approximate surface area is 55.5 Å². The molecular formula is C7H14O2. The summed E-state index contributed by atoms with van der Waals surface area (Å²) in [6, 6.07) is 0. The maximum atomic E-state index is 8.98. The van der Waals surface area contributed by atoms with Gasteiger partial charge in [-0.2, -0.15) is 0 Å². The molecule has 2 N–H and O–H groups in total. The van der Waals surface area contributed by atoms with E-state index in [-0.39, 0.29) is 6.61 Å². The lowest BCUT2D eigenvalue weighted by Gasteiger charge is -2.11. The van der Waals surface area contributed by atoms with Crippen LogP contribution in [0, 0.1) is 5.41 Å². The van der Waals surface area contributed by atoms with E-state index in [1.54, 1.807) is 0 Å². The Kier molecular flexibility index (Phi) is 1.78. The Morgan fingerprint density at radius 3 is 2.44 bits per heavy atom. The van der Waals surface area contributed by atoms with Gasteiger partial charge in [0.25, 0.3) is 0 Å². The quantitative estimate of drug-likeness (QED) is 0.585. The van der Waals surface area contributed by atoms with E-state index >= 15 is 0 Å². The minimum atomic E-state index is -0.488. The van der Waals surface area contributed by atoms with Crippen LogP contribution in [0.2, 0.25) is 0 Å². The average molecular weight is 130 g/mol. The van der Waals surface area contributed by atoms with Crippen LogP contribution in [0.1, 0.15) is 26.2 Å². The first-order valence-corrected chi connectivity index (χ1v) is 3.45. The Hall–Kier alpha value is -0.0800. The zero-order chi connectivity index (χ0) is 6.91. The first-order chi connectivity index (χ1) is 4.16. The molecule has 1 saturated carbocycles. The largest absolute Gasteiger partial charge is 0.394 e. The van der Waals surface area contributed by atoms with Gasteiger partial charge >= 0.3 is 0 Å². The Bertz CT molecular complexity index is 97.1. The molecule has 0 bridgehead atoms. The van der Waals surface area contributed by atoms with E-state index in [0.29, 0.717) is 5.41 Å². The summed E-state index contributed by atoms with van der Waals surface area (Å²) in [5, 5.41) is 17.5. The predicted molar refractivity (Wildman–Crippen MR) is 35.1 cm³/mol. The first kappa shape index (κ1) is 7.03. The highest BCUT2D eigenvalue weighted by atomic mass is 16.3. The summed E-state index contributed by atoms with van der Waals surface area (Å²) >= 11 is 0. The molecule has 1 aliphatic rings. The normalized spacial score (nSPS) is 25.7. The van der Waals surface area contributed by atoms with Crippen LogP contribution in [0.25, 0.3) is 0 Å². The second-order valence-corrected chi connectivity index (χ2v) is 3.35. The minimum Gasteiger partial charge on any atom is -0.394 e. The van der Waals surface area contributed by atoms with Crippen molar-refractivity contribution in [1.29, 1.82) is 0 Å². The Balaban J connectivity index is 2.17. The van der Waals surface area contributed by atoms with Gasteiger partial charge in [-0.25, -0.2) is 0 Å². The number of rotatable bonds is 3. The molecule has 0 amide bonds. The second-order valence-electron chi connectivity index (χ2n) is 3.35. The molecule has 0 heterocycles. The van der Waals surface area contributed by atoms with Crippen LogP contribution in [0.3, 0.4) is 0 Å². The van der Waals surface area contributed by atoms with Gasteiger partial charge in [-0.1, -0.05) is 6.92 Å². The molecule has 0 aromatic rings. The fraction of sp³-hybridized carbons (Fsp3) is 1.00. The molecule has 0 spiro atoms. The topological polar surface area (TPSA) is 40.5 Å². The molecular weight excluding hydrogens is 116 g/mol. The summed E-state index contributed by atoms with van der Waals surface area (Å²) in [7, 11) is 0. The van der Waals surface area contributed by atoms with Gasteiger partial charge in [-0.3, -0.25) is 0 Å². The highest BCUT2D eigenvalue weighted by Gasteiger charge is 2.38. The number of hydrogen-bond acceptors (Lipinski definition) is 2. The summed E-state index contributed by atoms with van der Waals surface area (Å²) < 4.78 is 0. The van der Waals surface area contributed by atoms with Crippen LogP contribution in [0.15, 0.2) is 0 Å². The van der Waals surface area contributed by atoms with Crippen molar-refractivity contribution in [2.45, 2.75) is 32.3 Å². The third kappa shape index (κ3) is 1.95. The molecule has 1 unspecified atom stereocenters. The number of aliphatic hydroxyl groups excluding tert-OH is 2. The van der Waals surface area contributed by atoms with Crippen molar-refractivity contribution < 1.29 is 10.2 Å².